The van der Waals surface area contributed by atoms with E-state index >= 15 is 0 Å². The molecule has 1 aromatic carbocycles. The van der Waals surface area contributed by atoms with E-state index in [0.717, 1.165) is 18.9 Å². The maximum Gasteiger partial charge on any atom is 0.416 e. The van der Waals surface area contributed by atoms with E-state index in [-0.39, 0.29) is 18.1 Å². The van der Waals surface area contributed by atoms with Crippen LogP contribution in [0.4, 0.5) is 17.6 Å². The zero-order valence-electron chi connectivity index (χ0n) is 11.2. The lowest BCUT2D eigenvalue weighted by molar-refractivity contribution is -0.138. The first kappa shape index (κ1) is 14.2. The first-order valence-electron chi connectivity index (χ1n) is 6.79. The van der Waals surface area contributed by atoms with Gasteiger partial charge in [-0.2, -0.15) is 13.2 Å². The Hall–Kier alpha value is -1.79. The number of hydrogen-bond acceptors (Lipinski definition) is 3. The topological polar surface area (TPSA) is 41.6 Å². The monoisotopic (exact) mass is 301 g/mol. The van der Waals surface area contributed by atoms with E-state index in [0.29, 0.717) is 18.5 Å². The fraction of sp³-hybridized carbons (Fsp3) is 0.500. The molecule has 0 spiro atoms. The highest BCUT2D eigenvalue weighted by Crippen LogP contribution is 2.40. The highest BCUT2D eigenvalue weighted by molar-refractivity contribution is 5.80. The van der Waals surface area contributed by atoms with Crippen LogP contribution in [0.25, 0.3) is 0 Å². The Kier molecular flexibility index (Phi) is 3.30. The summed E-state index contributed by atoms with van der Waals surface area (Å²) in [7, 11) is 0. The van der Waals surface area contributed by atoms with Crippen LogP contribution in [-0.2, 0) is 6.18 Å². The highest BCUT2D eigenvalue weighted by atomic mass is 19.4. The van der Waals surface area contributed by atoms with E-state index in [4.69, 9.17) is 5.73 Å². The normalized spacial score (nSPS) is 22.6. The SMILES string of the molecule is NC1=NCC(c2ccc(F)cc2C(F)(F)F)N1CC1CC1. The standard InChI is InChI=1S/C14H15F4N3/c15-9-3-4-10(11(5-9)14(16,17)18)12-6-20-13(19)21(12)7-8-1-2-8/h3-5,8,12H,1-2,6-7H2,(H2,19,20). The van der Waals surface area contributed by atoms with Gasteiger partial charge in [-0.1, -0.05) is 6.07 Å². The van der Waals surface area contributed by atoms with Gasteiger partial charge < -0.3 is 10.6 Å². The van der Waals surface area contributed by atoms with Crippen molar-refractivity contribution in [2.75, 3.05) is 13.1 Å². The maximum atomic E-state index is 13.2. The van der Waals surface area contributed by atoms with Crippen LogP contribution < -0.4 is 5.73 Å². The third-order valence-electron chi connectivity index (χ3n) is 3.93. The number of nitrogens with zero attached hydrogens (tertiary/aromatic N) is 2. The predicted octanol–water partition coefficient (Wildman–Crippen LogP) is 2.93. The molecule has 0 radical (unpaired) electrons. The summed E-state index contributed by atoms with van der Waals surface area (Å²) in [6.07, 6.45) is -2.47. The van der Waals surface area contributed by atoms with Gasteiger partial charge in [0.2, 0.25) is 0 Å². The van der Waals surface area contributed by atoms with Crippen molar-refractivity contribution >= 4 is 5.96 Å². The smallest absolute Gasteiger partial charge is 0.370 e. The van der Waals surface area contributed by atoms with Crippen molar-refractivity contribution in [2.45, 2.75) is 25.1 Å². The number of benzene rings is 1. The molecule has 1 aliphatic carbocycles. The predicted molar refractivity (Wildman–Crippen MR) is 70.1 cm³/mol. The van der Waals surface area contributed by atoms with E-state index < -0.39 is 23.6 Å². The Morgan fingerprint density at radius 3 is 2.62 bits per heavy atom. The van der Waals surface area contributed by atoms with Crippen LogP contribution >= 0.6 is 0 Å². The lowest BCUT2D eigenvalue weighted by atomic mass is 9.98. The molecule has 1 fully saturated rings. The Morgan fingerprint density at radius 2 is 2.00 bits per heavy atom. The van der Waals surface area contributed by atoms with Gasteiger partial charge in [-0.05, 0) is 36.5 Å². The van der Waals surface area contributed by atoms with Gasteiger partial charge >= 0.3 is 6.18 Å². The summed E-state index contributed by atoms with van der Waals surface area (Å²) in [5, 5.41) is 0. The molecule has 3 nitrogen and oxygen atoms in total. The summed E-state index contributed by atoms with van der Waals surface area (Å²) in [5.74, 6) is -0.162. The van der Waals surface area contributed by atoms with Crippen LogP contribution in [-0.4, -0.2) is 23.9 Å². The molecule has 114 valence electrons. The molecule has 1 atom stereocenters. The van der Waals surface area contributed by atoms with Gasteiger partial charge in [-0.25, -0.2) is 4.39 Å². The molecule has 0 amide bonds. The van der Waals surface area contributed by atoms with Crippen molar-refractivity contribution in [3.63, 3.8) is 0 Å². The van der Waals surface area contributed by atoms with Crippen LogP contribution in [0, 0.1) is 11.7 Å². The second-order valence-corrected chi connectivity index (χ2v) is 5.54. The number of alkyl halides is 3. The molecular formula is C14H15F4N3. The fourth-order valence-corrected chi connectivity index (χ4v) is 2.66. The van der Waals surface area contributed by atoms with Crippen molar-refractivity contribution in [2.24, 2.45) is 16.6 Å². The zero-order chi connectivity index (χ0) is 15.2. The molecule has 0 saturated heterocycles. The lowest BCUT2D eigenvalue weighted by Crippen LogP contribution is -2.38. The summed E-state index contributed by atoms with van der Waals surface area (Å²) in [6, 6.07) is 2.22. The minimum absolute atomic E-state index is 0.0359. The van der Waals surface area contributed by atoms with Crippen molar-refractivity contribution in [3.05, 3.63) is 35.1 Å². The van der Waals surface area contributed by atoms with Crippen LogP contribution in [0.1, 0.15) is 30.0 Å². The van der Waals surface area contributed by atoms with Crippen molar-refractivity contribution < 1.29 is 17.6 Å². The first-order valence-corrected chi connectivity index (χ1v) is 6.79. The highest BCUT2D eigenvalue weighted by Gasteiger charge is 2.40. The van der Waals surface area contributed by atoms with Crippen molar-refractivity contribution in [1.82, 2.24) is 4.90 Å². The Balaban J connectivity index is 1.95. The molecule has 21 heavy (non-hydrogen) atoms. The summed E-state index contributed by atoms with van der Waals surface area (Å²) in [4.78, 5) is 5.77. The van der Waals surface area contributed by atoms with Crippen LogP contribution in [0.15, 0.2) is 23.2 Å². The average Bonchev–Trinajstić information content (AvgIpc) is 3.14. The summed E-state index contributed by atoms with van der Waals surface area (Å²) in [5.41, 5.74) is 4.88. The van der Waals surface area contributed by atoms with Gasteiger partial charge in [0.1, 0.15) is 5.82 Å². The molecule has 0 aromatic heterocycles. The van der Waals surface area contributed by atoms with Gasteiger partial charge in [0.25, 0.3) is 0 Å². The number of hydrogen-bond donors (Lipinski definition) is 1. The molecule has 2 N–H and O–H groups in total. The van der Waals surface area contributed by atoms with Gasteiger partial charge in [0.05, 0.1) is 18.2 Å². The molecule has 0 bridgehead atoms. The maximum absolute atomic E-state index is 13.2. The Bertz CT molecular complexity index is 578. The van der Waals surface area contributed by atoms with E-state index in [9.17, 15) is 17.6 Å². The molecule has 1 aliphatic heterocycles. The van der Waals surface area contributed by atoms with Crippen LogP contribution in [0.5, 0.6) is 0 Å². The molecule has 1 aromatic rings. The molecule has 7 heteroatoms. The van der Waals surface area contributed by atoms with E-state index in [1.165, 1.54) is 6.07 Å². The fourth-order valence-electron chi connectivity index (χ4n) is 2.66. The second kappa shape index (κ2) is 4.89. The van der Waals surface area contributed by atoms with Crippen molar-refractivity contribution in [3.8, 4) is 0 Å². The lowest BCUT2D eigenvalue weighted by Gasteiger charge is -2.28. The Morgan fingerprint density at radius 1 is 1.29 bits per heavy atom. The number of halogens is 4. The van der Waals surface area contributed by atoms with Gasteiger partial charge in [0.15, 0.2) is 5.96 Å². The number of guanidine groups is 1. The molecule has 1 saturated carbocycles. The number of rotatable bonds is 3. The molecular weight excluding hydrogens is 286 g/mol. The second-order valence-electron chi connectivity index (χ2n) is 5.54. The minimum Gasteiger partial charge on any atom is -0.370 e. The largest absolute Gasteiger partial charge is 0.416 e. The van der Waals surface area contributed by atoms with E-state index in [1.54, 1.807) is 4.90 Å². The summed E-state index contributed by atoms with van der Waals surface area (Å²) in [6.45, 7) is 0.780. The van der Waals surface area contributed by atoms with Crippen molar-refractivity contribution in [1.29, 1.82) is 0 Å². The summed E-state index contributed by atoms with van der Waals surface area (Å²) >= 11 is 0. The Labute approximate surface area is 119 Å². The van der Waals surface area contributed by atoms with Gasteiger partial charge in [-0.3, -0.25) is 4.99 Å². The average molecular weight is 301 g/mol. The van der Waals surface area contributed by atoms with Crippen LogP contribution in [0.3, 0.4) is 0 Å². The molecule has 1 unspecified atom stereocenters. The molecule has 3 rings (SSSR count). The summed E-state index contributed by atoms with van der Waals surface area (Å²) < 4.78 is 52.6. The number of aliphatic imine (C=N–C) groups is 1. The number of nitrogens with two attached hydrogens (primary N) is 1. The van der Waals surface area contributed by atoms with Gasteiger partial charge in [0, 0.05) is 6.54 Å². The van der Waals surface area contributed by atoms with Gasteiger partial charge in [-0.15, -0.1) is 0 Å². The first-order chi connectivity index (χ1) is 9.86. The van der Waals surface area contributed by atoms with E-state index in [1.807, 2.05) is 0 Å². The zero-order valence-corrected chi connectivity index (χ0v) is 11.2. The molecule has 1 heterocycles. The van der Waals surface area contributed by atoms with Crippen LogP contribution in [0.2, 0.25) is 0 Å². The third kappa shape index (κ3) is 2.82. The quantitative estimate of drug-likeness (QED) is 0.872. The van der Waals surface area contributed by atoms with E-state index in [2.05, 4.69) is 4.99 Å². The third-order valence-corrected chi connectivity index (χ3v) is 3.93. The minimum atomic E-state index is -4.60. The molecule has 2 aliphatic rings.